The lowest BCUT2D eigenvalue weighted by Gasteiger charge is -2.30. The van der Waals surface area contributed by atoms with Gasteiger partial charge in [-0.3, -0.25) is 0 Å². The lowest BCUT2D eigenvalue weighted by Crippen LogP contribution is -2.28. The molecule has 6 aromatic rings. The van der Waals surface area contributed by atoms with Crippen LogP contribution in [0.5, 0.6) is 0 Å². The Morgan fingerprint density at radius 1 is 0.240 bits per heavy atom. The van der Waals surface area contributed by atoms with Crippen LogP contribution in [0.15, 0.2) is 127 Å². The van der Waals surface area contributed by atoms with Crippen LogP contribution in [0.4, 0.5) is 45.5 Å². The zero-order valence-corrected chi connectivity index (χ0v) is 48.9. The third kappa shape index (κ3) is 16.1. The first-order valence-corrected chi connectivity index (χ1v) is 29.8. The molecule has 0 radical (unpaired) electrons. The molecule has 0 atom stereocenters. The molecule has 0 aliphatic heterocycles. The van der Waals surface area contributed by atoms with E-state index in [9.17, 15) is 0 Å². The van der Waals surface area contributed by atoms with Crippen molar-refractivity contribution in [3.05, 3.63) is 166 Å². The van der Waals surface area contributed by atoms with Crippen LogP contribution >= 0.6 is 0 Å². The maximum absolute atomic E-state index is 2.51. The second-order valence-corrected chi connectivity index (χ2v) is 20.6. The van der Waals surface area contributed by atoms with Crippen LogP contribution in [-0.4, -0.2) is 65.4 Å². The summed E-state index contributed by atoms with van der Waals surface area (Å²) < 4.78 is 0. The van der Waals surface area contributed by atoms with Gasteiger partial charge in [-0.05, 0) is 259 Å². The molecule has 0 aliphatic rings. The summed E-state index contributed by atoms with van der Waals surface area (Å²) in [5.41, 5.74) is 20.4. The fraction of sp³-hybridized carbons (Fsp3) is 0.478. The molecule has 6 aromatic carbocycles. The number of benzene rings is 6. The van der Waals surface area contributed by atoms with Crippen LogP contribution in [-0.2, 0) is 38.5 Å². The van der Waals surface area contributed by atoms with Gasteiger partial charge in [0.2, 0.25) is 0 Å². The van der Waals surface area contributed by atoms with Gasteiger partial charge in [0, 0.05) is 88.2 Å². The molecule has 0 heterocycles. The van der Waals surface area contributed by atoms with E-state index in [1.54, 1.807) is 0 Å². The lowest BCUT2D eigenvalue weighted by molar-refractivity contribution is 0.733. The molecule has 0 saturated carbocycles. The zero-order chi connectivity index (χ0) is 53.5. The number of hydrogen-bond donors (Lipinski definition) is 0. The third-order valence-corrected chi connectivity index (χ3v) is 16.0. The number of nitrogens with zero attached hydrogens (tertiary/aromatic N) is 6. The second-order valence-electron chi connectivity index (χ2n) is 20.6. The van der Waals surface area contributed by atoms with Gasteiger partial charge in [0.1, 0.15) is 0 Å². The average Bonchev–Trinajstić information content (AvgIpc) is 3.44. The topological polar surface area (TPSA) is 19.4 Å². The highest BCUT2D eigenvalue weighted by Gasteiger charge is 2.17. The normalized spacial score (nSPS) is 11.2. The van der Waals surface area contributed by atoms with E-state index >= 15 is 0 Å². The van der Waals surface area contributed by atoms with Crippen molar-refractivity contribution in [2.24, 2.45) is 0 Å². The Balaban J connectivity index is 1.12. The summed E-state index contributed by atoms with van der Waals surface area (Å²) >= 11 is 0. The van der Waals surface area contributed by atoms with Crippen molar-refractivity contribution in [1.82, 2.24) is 0 Å². The van der Waals surface area contributed by atoms with Gasteiger partial charge in [-0.1, -0.05) is 60.7 Å². The van der Waals surface area contributed by atoms with Crippen molar-refractivity contribution >= 4 is 45.5 Å². The molecule has 0 aromatic heterocycles. The molecule has 6 heteroatoms. The Labute approximate surface area is 457 Å². The van der Waals surface area contributed by atoms with Crippen LogP contribution in [0.3, 0.4) is 0 Å². The first-order chi connectivity index (χ1) is 36.6. The van der Waals surface area contributed by atoms with Crippen molar-refractivity contribution in [1.29, 1.82) is 0 Å². The fourth-order valence-corrected chi connectivity index (χ4v) is 11.3. The molecule has 404 valence electrons. The van der Waals surface area contributed by atoms with E-state index in [2.05, 4.69) is 233 Å². The van der Waals surface area contributed by atoms with Gasteiger partial charge in [-0.25, -0.2) is 0 Å². The Morgan fingerprint density at radius 2 is 0.467 bits per heavy atom. The summed E-state index contributed by atoms with van der Waals surface area (Å²) in [7, 11) is 0. The highest BCUT2D eigenvalue weighted by Crippen LogP contribution is 2.37. The minimum absolute atomic E-state index is 1.03. The molecule has 75 heavy (non-hydrogen) atoms. The Morgan fingerprint density at radius 3 is 0.760 bits per heavy atom. The third-order valence-electron chi connectivity index (χ3n) is 16.0. The van der Waals surface area contributed by atoms with E-state index in [0.29, 0.717) is 0 Å². The number of aryl methyl sites for hydroxylation is 7. The first kappa shape index (κ1) is 58.4. The number of rotatable bonds is 33. The zero-order valence-electron chi connectivity index (χ0n) is 48.9. The lowest BCUT2D eigenvalue weighted by atomic mass is 10.0. The van der Waals surface area contributed by atoms with Gasteiger partial charge >= 0.3 is 0 Å². The standard InChI is InChI=1S/C69H98N6/c1-12-70(13-2)65-50-42-60(53-68(65)73(18-7)19-8)32-26-23-29-57-38-46-63(47-39-57)75(62-44-36-56(37-45-62)28-22-25-31-59-35-34-55(11)67(52-59)72(16-5)17-6)64-48-40-58(41-49-64)30-24-27-33-61-43-51-66(71(14-3)15-4)69(54-61)74(20-9)21-10/h34-54H,12-33H2,1-11H3. The molecule has 0 fully saturated rings. The largest absolute Gasteiger partial charge is 0.372 e. The van der Waals surface area contributed by atoms with Crippen molar-refractivity contribution in [2.75, 3.05) is 94.8 Å². The van der Waals surface area contributed by atoms with E-state index in [0.717, 1.165) is 104 Å². The van der Waals surface area contributed by atoms with E-state index < -0.39 is 0 Å². The minimum atomic E-state index is 1.03. The molecular formula is C69H98N6. The molecule has 6 nitrogen and oxygen atoms in total. The molecule has 0 N–H and O–H groups in total. The first-order valence-electron chi connectivity index (χ1n) is 29.8. The molecule has 0 bridgehead atoms. The summed E-state index contributed by atoms with van der Waals surface area (Å²) in [6.07, 6.45) is 13.7. The molecular weight excluding hydrogens is 913 g/mol. The molecule has 6 rings (SSSR count). The Hall–Kier alpha value is -5.88. The SMILES string of the molecule is CCN(CC)c1cc(CCCCc2ccc(N(c3ccc(CCCCc4ccc(N(CC)CC)c(N(CC)CC)c4)cc3)c3ccc(CCCCc4ccc(N(CC)CC)c(N(CC)CC)c4)cc3)cc2)ccc1C. The highest BCUT2D eigenvalue weighted by molar-refractivity contribution is 5.77. The van der Waals surface area contributed by atoms with E-state index in [4.69, 9.17) is 0 Å². The van der Waals surface area contributed by atoms with Crippen molar-refractivity contribution in [3.63, 3.8) is 0 Å². The second kappa shape index (κ2) is 30.6. The van der Waals surface area contributed by atoms with Gasteiger partial charge in [-0.15, -0.1) is 0 Å². The molecule has 0 spiro atoms. The average molecular weight is 1010 g/mol. The summed E-state index contributed by atoms with van der Waals surface area (Å²) in [5.74, 6) is 0. The predicted molar refractivity (Wildman–Crippen MR) is 333 cm³/mol. The summed E-state index contributed by atoms with van der Waals surface area (Å²) in [5, 5.41) is 0. The highest BCUT2D eigenvalue weighted by atomic mass is 15.2. The van der Waals surface area contributed by atoms with Crippen LogP contribution in [0.2, 0.25) is 0 Å². The van der Waals surface area contributed by atoms with Crippen molar-refractivity contribution in [3.8, 4) is 0 Å². The van der Waals surface area contributed by atoms with E-state index in [1.165, 1.54) is 123 Å². The van der Waals surface area contributed by atoms with Crippen LogP contribution in [0.1, 0.15) is 147 Å². The Bertz CT molecular complexity index is 2420. The molecule has 0 unspecified atom stereocenters. The summed E-state index contributed by atoms with van der Waals surface area (Å²) in [6, 6.07) is 49.7. The van der Waals surface area contributed by atoms with Crippen molar-refractivity contribution in [2.45, 2.75) is 153 Å². The summed E-state index contributed by atoms with van der Waals surface area (Å²) in [6.45, 7) is 35.2. The number of unbranched alkanes of at least 4 members (excludes halogenated alkanes) is 3. The predicted octanol–water partition coefficient (Wildman–Crippen LogP) is 17.4. The van der Waals surface area contributed by atoms with Gasteiger partial charge in [0.15, 0.2) is 0 Å². The van der Waals surface area contributed by atoms with Gasteiger partial charge < -0.3 is 29.4 Å². The van der Waals surface area contributed by atoms with Crippen LogP contribution < -0.4 is 29.4 Å². The van der Waals surface area contributed by atoms with Crippen molar-refractivity contribution < 1.29 is 0 Å². The van der Waals surface area contributed by atoms with Crippen LogP contribution in [0.25, 0.3) is 0 Å². The van der Waals surface area contributed by atoms with Gasteiger partial charge in [0.05, 0.1) is 22.7 Å². The van der Waals surface area contributed by atoms with E-state index in [1.807, 2.05) is 0 Å². The molecule has 0 saturated heterocycles. The number of anilines is 8. The minimum Gasteiger partial charge on any atom is -0.372 e. The van der Waals surface area contributed by atoms with Crippen LogP contribution in [0, 0.1) is 6.92 Å². The molecule has 0 aliphatic carbocycles. The fourth-order valence-electron chi connectivity index (χ4n) is 11.3. The van der Waals surface area contributed by atoms with Gasteiger partial charge in [0.25, 0.3) is 0 Å². The monoisotopic (exact) mass is 1010 g/mol. The maximum atomic E-state index is 2.51. The smallest absolute Gasteiger partial charge is 0.0606 e. The summed E-state index contributed by atoms with van der Waals surface area (Å²) in [4.78, 5) is 14.9. The van der Waals surface area contributed by atoms with E-state index in [-0.39, 0.29) is 0 Å². The maximum Gasteiger partial charge on any atom is 0.0606 e. The Kier molecular flexibility index (Phi) is 23.8. The quantitative estimate of drug-likeness (QED) is 0.0380. The molecule has 0 amide bonds. The van der Waals surface area contributed by atoms with Gasteiger partial charge in [-0.2, -0.15) is 0 Å². The number of hydrogen-bond acceptors (Lipinski definition) is 6.